The third-order valence-electron chi connectivity index (χ3n) is 3.77. The van der Waals surface area contributed by atoms with Crippen LogP contribution in [0, 0.1) is 0 Å². The van der Waals surface area contributed by atoms with Crippen molar-refractivity contribution in [2.75, 3.05) is 19.8 Å². The Morgan fingerprint density at radius 1 is 1.32 bits per heavy atom. The van der Waals surface area contributed by atoms with Crippen molar-refractivity contribution < 1.29 is 18.7 Å². The zero-order valence-corrected chi connectivity index (χ0v) is 12.9. The van der Waals surface area contributed by atoms with E-state index in [-0.39, 0.29) is 5.91 Å². The number of carbonyl (C=O) groups excluding carboxylic acids is 1. The summed E-state index contributed by atoms with van der Waals surface area (Å²) in [7, 11) is 0. The zero-order valence-electron chi connectivity index (χ0n) is 12.9. The van der Waals surface area contributed by atoms with Crippen molar-refractivity contribution in [2.24, 2.45) is 0 Å². The molecule has 0 atom stereocenters. The van der Waals surface area contributed by atoms with Crippen LogP contribution in [0.1, 0.15) is 24.5 Å². The van der Waals surface area contributed by atoms with Crippen LogP contribution in [0.3, 0.4) is 0 Å². The number of alkyl halides is 1. The highest BCUT2D eigenvalue weighted by Crippen LogP contribution is 2.23. The van der Waals surface area contributed by atoms with Crippen LogP contribution in [-0.4, -0.2) is 36.4 Å². The number of amides is 1. The van der Waals surface area contributed by atoms with Gasteiger partial charge < -0.3 is 14.4 Å². The minimum atomic E-state index is -0.627. The van der Waals surface area contributed by atoms with Crippen molar-refractivity contribution in [1.29, 1.82) is 0 Å². The van der Waals surface area contributed by atoms with E-state index in [1.54, 1.807) is 17.0 Å². The minimum Gasteiger partial charge on any atom is -0.348 e. The summed E-state index contributed by atoms with van der Waals surface area (Å²) < 4.78 is 23.6. The van der Waals surface area contributed by atoms with Gasteiger partial charge in [0.2, 0.25) is 5.91 Å². The van der Waals surface area contributed by atoms with E-state index in [2.05, 4.69) is 6.58 Å². The second kappa shape index (κ2) is 7.51. The molecule has 1 saturated heterocycles. The summed E-state index contributed by atoms with van der Waals surface area (Å²) in [5.74, 6) is -0.770. The molecule has 120 valence electrons. The molecule has 1 heterocycles. The van der Waals surface area contributed by atoms with Gasteiger partial charge in [0.15, 0.2) is 5.79 Å². The molecule has 4 nitrogen and oxygen atoms in total. The topological polar surface area (TPSA) is 38.8 Å². The summed E-state index contributed by atoms with van der Waals surface area (Å²) in [5.41, 5.74) is 1.58. The van der Waals surface area contributed by atoms with Gasteiger partial charge in [-0.3, -0.25) is 4.79 Å². The lowest BCUT2D eigenvalue weighted by Crippen LogP contribution is -2.36. The molecule has 1 fully saturated rings. The molecule has 2 rings (SSSR count). The quantitative estimate of drug-likeness (QED) is 0.727. The largest absolute Gasteiger partial charge is 0.348 e. The van der Waals surface area contributed by atoms with Gasteiger partial charge in [-0.1, -0.05) is 30.8 Å². The molecule has 0 aromatic heterocycles. The highest BCUT2D eigenvalue weighted by Gasteiger charge is 2.31. The number of nitrogens with zero attached hydrogens (tertiary/aromatic N) is 1. The lowest BCUT2D eigenvalue weighted by molar-refractivity contribution is -0.152. The van der Waals surface area contributed by atoms with Crippen LogP contribution in [0.15, 0.2) is 36.9 Å². The van der Waals surface area contributed by atoms with Gasteiger partial charge in [-0.15, -0.1) is 0 Å². The summed E-state index contributed by atoms with van der Waals surface area (Å²) in [4.78, 5) is 13.7. The zero-order chi connectivity index (χ0) is 16.0. The minimum absolute atomic E-state index is 0.142. The first-order valence-electron chi connectivity index (χ1n) is 7.39. The summed E-state index contributed by atoms with van der Waals surface area (Å²) in [5, 5.41) is 0. The fourth-order valence-corrected chi connectivity index (χ4v) is 2.39. The third kappa shape index (κ3) is 4.39. The van der Waals surface area contributed by atoms with Gasteiger partial charge in [0.05, 0.1) is 13.2 Å². The SMILES string of the molecule is C=CC(=O)N(CCC1(C)OCCO1)Cc1ccc(CF)cc1. The van der Waals surface area contributed by atoms with E-state index in [0.29, 0.717) is 38.3 Å². The molecule has 0 N–H and O–H groups in total. The molecule has 0 saturated carbocycles. The highest BCUT2D eigenvalue weighted by molar-refractivity contribution is 5.86. The standard InChI is InChI=1S/C17H22FNO3/c1-3-16(20)19(9-8-17(2)21-10-11-22-17)13-15-6-4-14(12-18)5-7-15/h3-7H,1,8-13H2,2H3. The summed E-state index contributed by atoms with van der Waals surface area (Å²) >= 11 is 0. The van der Waals surface area contributed by atoms with Crippen molar-refractivity contribution in [3.8, 4) is 0 Å². The van der Waals surface area contributed by atoms with Crippen molar-refractivity contribution in [1.82, 2.24) is 4.90 Å². The Hall–Kier alpha value is -1.72. The van der Waals surface area contributed by atoms with Crippen LogP contribution in [0.2, 0.25) is 0 Å². The molecule has 1 aromatic rings. The first-order chi connectivity index (χ1) is 10.6. The molecule has 1 amide bonds. The highest BCUT2D eigenvalue weighted by atomic mass is 19.1. The van der Waals surface area contributed by atoms with Crippen LogP contribution in [-0.2, 0) is 27.5 Å². The smallest absolute Gasteiger partial charge is 0.246 e. The van der Waals surface area contributed by atoms with Crippen molar-refractivity contribution in [2.45, 2.75) is 32.4 Å². The average Bonchev–Trinajstić information content (AvgIpc) is 2.98. The number of halogens is 1. The number of rotatable bonds is 7. The second-order valence-electron chi connectivity index (χ2n) is 5.49. The molecular weight excluding hydrogens is 285 g/mol. The lowest BCUT2D eigenvalue weighted by Gasteiger charge is -2.27. The van der Waals surface area contributed by atoms with Crippen molar-refractivity contribution >= 4 is 5.91 Å². The first kappa shape index (κ1) is 16.6. The number of hydrogen-bond donors (Lipinski definition) is 0. The van der Waals surface area contributed by atoms with Gasteiger partial charge in [-0.05, 0) is 24.1 Å². The van der Waals surface area contributed by atoms with Crippen molar-refractivity contribution in [3.63, 3.8) is 0 Å². The lowest BCUT2D eigenvalue weighted by atomic mass is 10.1. The Kier molecular flexibility index (Phi) is 5.69. The average molecular weight is 307 g/mol. The molecule has 0 bridgehead atoms. The van der Waals surface area contributed by atoms with Gasteiger partial charge in [0.25, 0.3) is 0 Å². The van der Waals surface area contributed by atoms with Crippen LogP contribution in [0.25, 0.3) is 0 Å². The predicted molar refractivity (Wildman–Crippen MR) is 81.8 cm³/mol. The van der Waals surface area contributed by atoms with E-state index >= 15 is 0 Å². The van der Waals surface area contributed by atoms with Gasteiger partial charge in [-0.25, -0.2) is 4.39 Å². The maximum atomic E-state index is 12.5. The van der Waals surface area contributed by atoms with Crippen LogP contribution in [0.5, 0.6) is 0 Å². The van der Waals surface area contributed by atoms with E-state index in [1.165, 1.54) is 6.08 Å². The van der Waals surface area contributed by atoms with Gasteiger partial charge >= 0.3 is 0 Å². The number of carbonyl (C=O) groups is 1. The summed E-state index contributed by atoms with van der Waals surface area (Å²) in [6.07, 6.45) is 1.89. The van der Waals surface area contributed by atoms with E-state index in [0.717, 1.165) is 5.56 Å². The number of hydrogen-bond acceptors (Lipinski definition) is 3. The van der Waals surface area contributed by atoms with Crippen LogP contribution < -0.4 is 0 Å². The molecule has 22 heavy (non-hydrogen) atoms. The fourth-order valence-electron chi connectivity index (χ4n) is 2.39. The second-order valence-corrected chi connectivity index (χ2v) is 5.49. The van der Waals surface area contributed by atoms with E-state index in [1.807, 2.05) is 19.1 Å². The van der Waals surface area contributed by atoms with Crippen molar-refractivity contribution in [3.05, 3.63) is 48.0 Å². The Balaban J connectivity index is 1.99. The van der Waals surface area contributed by atoms with Gasteiger partial charge in [0.1, 0.15) is 6.67 Å². The number of ether oxygens (including phenoxy) is 2. The molecule has 0 radical (unpaired) electrons. The van der Waals surface area contributed by atoms with E-state index < -0.39 is 12.5 Å². The molecule has 0 unspecified atom stereocenters. The fraction of sp³-hybridized carbons (Fsp3) is 0.471. The normalized spacial score (nSPS) is 16.5. The Morgan fingerprint density at radius 3 is 2.45 bits per heavy atom. The molecule has 0 spiro atoms. The monoisotopic (exact) mass is 307 g/mol. The van der Waals surface area contributed by atoms with Gasteiger partial charge in [0, 0.05) is 19.5 Å². The summed E-state index contributed by atoms with van der Waals surface area (Å²) in [6, 6.07) is 7.14. The Labute approximate surface area is 130 Å². The molecule has 0 aliphatic carbocycles. The maximum Gasteiger partial charge on any atom is 0.246 e. The molecule has 1 aliphatic heterocycles. The molecule has 5 heteroatoms. The third-order valence-corrected chi connectivity index (χ3v) is 3.77. The Bertz CT molecular complexity index is 509. The maximum absolute atomic E-state index is 12.5. The number of benzene rings is 1. The van der Waals surface area contributed by atoms with Gasteiger partial charge in [-0.2, -0.15) is 0 Å². The molecule has 1 aromatic carbocycles. The van der Waals surface area contributed by atoms with E-state index in [9.17, 15) is 9.18 Å². The van der Waals surface area contributed by atoms with Crippen LogP contribution in [0.4, 0.5) is 4.39 Å². The van der Waals surface area contributed by atoms with Crippen LogP contribution >= 0.6 is 0 Å². The first-order valence-corrected chi connectivity index (χ1v) is 7.39. The molecule has 1 aliphatic rings. The Morgan fingerprint density at radius 2 is 1.91 bits per heavy atom. The van der Waals surface area contributed by atoms with E-state index in [4.69, 9.17) is 9.47 Å². The molecular formula is C17H22FNO3. The summed E-state index contributed by atoms with van der Waals surface area (Å²) in [6.45, 7) is 7.06. The predicted octanol–water partition coefficient (Wildman–Crippen LogP) is 2.82.